The minimum absolute atomic E-state index is 0.0828. The van der Waals surface area contributed by atoms with E-state index in [1.807, 2.05) is 0 Å². The van der Waals surface area contributed by atoms with Gasteiger partial charge < -0.3 is 20.5 Å². The topological polar surface area (TPSA) is 93.9 Å². The summed E-state index contributed by atoms with van der Waals surface area (Å²) in [6, 6.07) is 4.93. The zero-order valence-electron chi connectivity index (χ0n) is 16.4. The standard InChI is InChI=1S/C18H26ClN3O4S/c1-17(2,3)25-15(23)22(16(24)26-18(4,5)6)10-11-9-12(21-14(20)27)7-8-13(11)19/h7-9H,10H2,1-6H3,(H3,20,21,27). The number of rotatable bonds is 3. The van der Waals surface area contributed by atoms with Crippen LogP contribution in [-0.4, -0.2) is 33.4 Å². The molecule has 0 aliphatic rings. The van der Waals surface area contributed by atoms with E-state index in [2.05, 4.69) is 5.32 Å². The fraction of sp³-hybridized carbons (Fsp3) is 0.500. The zero-order valence-corrected chi connectivity index (χ0v) is 18.0. The van der Waals surface area contributed by atoms with E-state index in [-0.39, 0.29) is 11.7 Å². The second kappa shape index (κ2) is 8.75. The van der Waals surface area contributed by atoms with E-state index >= 15 is 0 Å². The number of nitrogens with one attached hydrogen (secondary N) is 1. The lowest BCUT2D eigenvalue weighted by Gasteiger charge is -2.29. The number of carbonyl (C=O) groups is 2. The fourth-order valence-corrected chi connectivity index (χ4v) is 2.22. The third-order valence-electron chi connectivity index (χ3n) is 2.87. The van der Waals surface area contributed by atoms with Gasteiger partial charge in [0.1, 0.15) is 11.2 Å². The molecule has 0 aromatic heterocycles. The van der Waals surface area contributed by atoms with Crippen molar-refractivity contribution < 1.29 is 19.1 Å². The summed E-state index contributed by atoms with van der Waals surface area (Å²) >= 11 is 11.0. The molecule has 0 radical (unpaired) electrons. The van der Waals surface area contributed by atoms with Gasteiger partial charge in [0.15, 0.2) is 5.11 Å². The quantitative estimate of drug-likeness (QED) is 0.692. The highest BCUT2D eigenvalue weighted by Gasteiger charge is 2.31. The van der Waals surface area contributed by atoms with Crippen LogP contribution in [0.4, 0.5) is 15.3 Å². The third-order valence-corrected chi connectivity index (χ3v) is 3.34. The average molecular weight is 416 g/mol. The molecule has 7 nitrogen and oxygen atoms in total. The van der Waals surface area contributed by atoms with Crippen molar-refractivity contribution >= 4 is 46.8 Å². The summed E-state index contributed by atoms with van der Waals surface area (Å²) in [6.45, 7) is 10.1. The highest BCUT2D eigenvalue weighted by Crippen LogP contribution is 2.24. The molecule has 0 heterocycles. The van der Waals surface area contributed by atoms with Gasteiger partial charge in [-0.25, -0.2) is 14.5 Å². The summed E-state index contributed by atoms with van der Waals surface area (Å²) < 4.78 is 10.7. The van der Waals surface area contributed by atoms with Crippen LogP contribution in [-0.2, 0) is 16.0 Å². The lowest BCUT2D eigenvalue weighted by Crippen LogP contribution is -2.43. The number of nitrogens with two attached hydrogens (primary N) is 1. The van der Waals surface area contributed by atoms with Crippen molar-refractivity contribution in [2.75, 3.05) is 5.32 Å². The Morgan fingerprint density at radius 1 is 1.11 bits per heavy atom. The molecule has 1 rings (SSSR count). The molecule has 1 aromatic carbocycles. The summed E-state index contributed by atoms with van der Waals surface area (Å²) in [5.74, 6) is 0. The number of carbonyl (C=O) groups excluding carboxylic acids is 2. The Morgan fingerprint density at radius 2 is 1.59 bits per heavy atom. The van der Waals surface area contributed by atoms with Gasteiger partial charge in [0, 0.05) is 10.7 Å². The summed E-state index contributed by atoms with van der Waals surface area (Å²) in [5, 5.41) is 3.22. The van der Waals surface area contributed by atoms with Gasteiger partial charge >= 0.3 is 12.2 Å². The van der Waals surface area contributed by atoms with Crippen molar-refractivity contribution in [1.29, 1.82) is 0 Å². The first kappa shape index (κ1) is 23.0. The van der Waals surface area contributed by atoms with Crippen LogP contribution in [0.15, 0.2) is 18.2 Å². The Bertz CT molecular complexity index is 698. The van der Waals surface area contributed by atoms with Crippen LogP contribution in [0.25, 0.3) is 0 Å². The SMILES string of the molecule is CC(C)(C)OC(=O)N(Cc1cc(NC(N)=S)ccc1Cl)C(=O)OC(C)(C)C. The van der Waals surface area contributed by atoms with Crippen LogP contribution in [0.5, 0.6) is 0 Å². The number of benzene rings is 1. The van der Waals surface area contributed by atoms with Crippen molar-refractivity contribution in [3.05, 3.63) is 28.8 Å². The van der Waals surface area contributed by atoms with E-state index in [1.165, 1.54) is 0 Å². The first-order valence-electron chi connectivity index (χ1n) is 8.26. The largest absolute Gasteiger partial charge is 0.443 e. The number of imide groups is 1. The number of thiocarbonyl (C=S) groups is 1. The molecule has 0 aliphatic heterocycles. The van der Waals surface area contributed by atoms with Crippen molar-refractivity contribution in [3.63, 3.8) is 0 Å². The summed E-state index contributed by atoms with van der Waals surface area (Å²) in [6.07, 6.45) is -1.67. The van der Waals surface area contributed by atoms with Gasteiger partial charge in [0.25, 0.3) is 0 Å². The molecule has 1 aromatic rings. The number of halogens is 1. The molecule has 0 atom stereocenters. The predicted octanol–water partition coefficient (Wildman–Crippen LogP) is 4.67. The van der Waals surface area contributed by atoms with Gasteiger partial charge in [-0.1, -0.05) is 11.6 Å². The van der Waals surface area contributed by atoms with E-state index in [4.69, 9.17) is 39.0 Å². The normalized spacial score (nSPS) is 11.5. The molecular formula is C18H26ClN3O4S. The smallest absolute Gasteiger partial charge is 0.420 e. The maximum Gasteiger partial charge on any atom is 0.420 e. The van der Waals surface area contributed by atoms with Gasteiger partial charge in [-0.3, -0.25) is 0 Å². The Kier molecular flexibility index (Phi) is 7.45. The van der Waals surface area contributed by atoms with Crippen LogP contribution in [0.1, 0.15) is 47.1 Å². The van der Waals surface area contributed by atoms with Gasteiger partial charge in [0.05, 0.1) is 6.54 Å². The molecule has 0 aliphatic carbocycles. The Balaban J connectivity index is 3.18. The molecule has 0 unspecified atom stereocenters. The van der Waals surface area contributed by atoms with Crippen LogP contribution in [0.3, 0.4) is 0 Å². The van der Waals surface area contributed by atoms with E-state index in [0.717, 1.165) is 4.90 Å². The van der Waals surface area contributed by atoms with Crippen molar-refractivity contribution in [1.82, 2.24) is 4.90 Å². The Hall–Kier alpha value is -2.06. The Morgan fingerprint density at radius 3 is 2.00 bits per heavy atom. The highest BCUT2D eigenvalue weighted by molar-refractivity contribution is 7.80. The van der Waals surface area contributed by atoms with Gasteiger partial charge in [-0.05, 0) is 77.5 Å². The summed E-state index contributed by atoms with van der Waals surface area (Å²) in [5.41, 5.74) is 4.99. The highest BCUT2D eigenvalue weighted by atomic mass is 35.5. The van der Waals surface area contributed by atoms with Gasteiger partial charge in [0.2, 0.25) is 0 Å². The number of anilines is 1. The second-order valence-electron chi connectivity index (χ2n) is 7.84. The van der Waals surface area contributed by atoms with Crippen LogP contribution >= 0.6 is 23.8 Å². The monoisotopic (exact) mass is 415 g/mol. The van der Waals surface area contributed by atoms with E-state index < -0.39 is 23.4 Å². The number of hydrogen-bond donors (Lipinski definition) is 2. The summed E-state index contributed by atoms with van der Waals surface area (Å²) in [7, 11) is 0. The predicted molar refractivity (Wildman–Crippen MR) is 110 cm³/mol. The maximum absolute atomic E-state index is 12.6. The molecule has 27 heavy (non-hydrogen) atoms. The molecule has 0 saturated heterocycles. The van der Waals surface area contributed by atoms with Gasteiger partial charge in [-0.15, -0.1) is 0 Å². The lowest BCUT2D eigenvalue weighted by molar-refractivity contribution is -0.000235. The minimum Gasteiger partial charge on any atom is -0.443 e. The number of ether oxygens (including phenoxy) is 2. The molecule has 0 spiro atoms. The zero-order chi connectivity index (χ0) is 21.0. The lowest BCUT2D eigenvalue weighted by atomic mass is 10.2. The second-order valence-corrected chi connectivity index (χ2v) is 8.69. The first-order chi connectivity index (χ1) is 12.2. The van der Waals surface area contributed by atoms with Gasteiger partial charge in [-0.2, -0.15) is 0 Å². The maximum atomic E-state index is 12.6. The van der Waals surface area contributed by atoms with Crippen LogP contribution in [0.2, 0.25) is 5.02 Å². The molecular weight excluding hydrogens is 390 g/mol. The summed E-state index contributed by atoms with van der Waals surface area (Å²) in [4.78, 5) is 26.0. The molecule has 2 amide bonds. The average Bonchev–Trinajstić information content (AvgIpc) is 2.43. The van der Waals surface area contributed by atoms with Crippen molar-refractivity contribution in [3.8, 4) is 0 Å². The molecule has 0 saturated carbocycles. The van der Waals surface area contributed by atoms with E-state index in [1.54, 1.807) is 59.7 Å². The van der Waals surface area contributed by atoms with Crippen molar-refractivity contribution in [2.24, 2.45) is 5.73 Å². The van der Waals surface area contributed by atoms with Crippen LogP contribution in [0, 0.1) is 0 Å². The van der Waals surface area contributed by atoms with Crippen molar-refractivity contribution in [2.45, 2.75) is 59.3 Å². The number of amides is 2. The van der Waals surface area contributed by atoms with E-state index in [9.17, 15) is 9.59 Å². The molecule has 150 valence electrons. The molecule has 9 heteroatoms. The fourth-order valence-electron chi connectivity index (χ4n) is 1.92. The molecule has 0 bridgehead atoms. The Labute approximate surface area is 170 Å². The minimum atomic E-state index is -0.833. The van der Waals surface area contributed by atoms with Crippen LogP contribution < -0.4 is 11.1 Å². The van der Waals surface area contributed by atoms with E-state index in [0.29, 0.717) is 16.3 Å². The molecule has 3 N–H and O–H groups in total. The number of nitrogens with zero attached hydrogens (tertiary/aromatic N) is 1. The molecule has 0 fully saturated rings. The first-order valence-corrected chi connectivity index (χ1v) is 9.05. The third kappa shape index (κ3) is 8.45. The number of hydrogen-bond acceptors (Lipinski definition) is 5.